The molecule has 3 N–H and O–H groups in total. The molecule has 2 aromatic heterocycles. The van der Waals surface area contributed by atoms with Gasteiger partial charge in [-0.2, -0.15) is 5.10 Å². The number of hydrogen-bond donors (Lipinski definition) is 2. The Balaban J connectivity index is 2.11. The molecule has 5 nitrogen and oxygen atoms in total. The summed E-state index contributed by atoms with van der Waals surface area (Å²) in [7, 11) is 0. The first-order valence-electron chi connectivity index (χ1n) is 5.82. The fourth-order valence-electron chi connectivity index (χ4n) is 1.76. The summed E-state index contributed by atoms with van der Waals surface area (Å²) in [6.07, 6.45) is 6.44. The van der Waals surface area contributed by atoms with Crippen molar-refractivity contribution in [3.63, 3.8) is 0 Å². The molecular formula is C12H16BrN5. The minimum absolute atomic E-state index is 0.00685. The van der Waals surface area contributed by atoms with E-state index < -0.39 is 0 Å². The fraction of sp³-hybridized carbons (Fsp3) is 0.333. The summed E-state index contributed by atoms with van der Waals surface area (Å²) in [6.45, 7) is 2.93. The lowest BCUT2D eigenvalue weighted by atomic mass is 10.1. The summed E-state index contributed by atoms with van der Waals surface area (Å²) in [5.74, 6) is 5.60. The molecule has 0 saturated heterocycles. The summed E-state index contributed by atoms with van der Waals surface area (Å²) in [5, 5.41) is 4.25. The molecule has 0 aliphatic carbocycles. The number of nitrogens with one attached hydrogen (secondary N) is 1. The first-order chi connectivity index (χ1) is 8.72. The Morgan fingerprint density at radius 1 is 1.44 bits per heavy atom. The number of rotatable bonds is 5. The van der Waals surface area contributed by atoms with Crippen molar-refractivity contribution in [2.45, 2.75) is 25.9 Å². The quantitative estimate of drug-likeness (QED) is 0.653. The number of hydrogen-bond acceptors (Lipinski definition) is 4. The fourth-order valence-corrected chi connectivity index (χ4v) is 2.00. The Morgan fingerprint density at radius 3 is 2.83 bits per heavy atom. The van der Waals surface area contributed by atoms with E-state index in [2.05, 4.69) is 38.4 Å². The van der Waals surface area contributed by atoms with Gasteiger partial charge < -0.3 is 0 Å². The molecule has 0 spiro atoms. The van der Waals surface area contributed by atoms with Gasteiger partial charge in [-0.1, -0.05) is 0 Å². The van der Waals surface area contributed by atoms with Crippen LogP contribution in [0.15, 0.2) is 35.2 Å². The van der Waals surface area contributed by atoms with E-state index in [1.165, 1.54) is 0 Å². The topological polar surface area (TPSA) is 68.8 Å². The van der Waals surface area contributed by atoms with Crippen LogP contribution in [0.5, 0.6) is 0 Å². The van der Waals surface area contributed by atoms with E-state index in [-0.39, 0.29) is 6.04 Å². The van der Waals surface area contributed by atoms with Crippen molar-refractivity contribution in [1.29, 1.82) is 0 Å². The van der Waals surface area contributed by atoms with Gasteiger partial charge in [0.15, 0.2) is 0 Å². The number of aryl methyl sites for hydroxylation is 1. The maximum Gasteiger partial charge on any atom is 0.0673 e. The van der Waals surface area contributed by atoms with E-state index >= 15 is 0 Å². The highest BCUT2D eigenvalue weighted by Crippen LogP contribution is 2.17. The van der Waals surface area contributed by atoms with Crippen LogP contribution < -0.4 is 11.3 Å². The second-order valence-electron chi connectivity index (χ2n) is 4.03. The molecule has 0 bridgehead atoms. The molecule has 2 rings (SSSR count). The van der Waals surface area contributed by atoms with Crippen LogP contribution in [0.3, 0.4) is 0 Å². The molecule has 0 aliphatic rings. The van der Waals surface area contributed by atoms with E-state index in [1.807, 2.05) is 29.2 Å². The minimum atomic E-state index is -0.00685. The maximum absolute atomic E-state index is 5.60. The second-order valence-corrected chi connectivity index (χ2v) is 4.94. The summed E-state index contributed by atoms with van der Waals surface area (Å²) >= 11 is 3.37. The van der Waals surface area contributed by atoms with Gasteiger partial charge in [-0.15, -0.1) is 0 Å². The summed E-state index contributed by atoms with van der Waals surface area (Å²) in [4.78, 5) is 4.36. The Bertz CT molecular complexity index is 493. The molecule has 2 aromatic rings. The molecule has 1 unspecified atom stereocenters. The molecule has 18 heavy (non-hydrogen) atoms. The zero-order chi connectivity index (χ0) is 13.0. The lowest BCUT2D eigenvalue weighted by Gasteiger charge is -2.14. The predicted octanol–water partition coefficient (Wildman–Crippen LogP) is 1.81. The van der Waals surface area contributed by atoms with Crippen LogP contribution in [-0.2, 0) is 13.0 Å². The third-order valence-corrected chi connectivity index (χ3v) is 3.23. The van der Waals surface area contributed by atoms with Crippen LogP contribution >= 0.6 is 15.9 Å². The molecule has 0 saturated carbocycles. The number of pyridine rings is 1. The highest BCUT2D eigenvalue weighted by atomic mass is 79.9. The molecule has 0 aromatic carbocycles. The molecule has 0 radical (unpaired) electrons. The average molecular weight is 310 g/mol. The molecule has 0 amide bonds. The third kappa shape index (κ3) is 3.16. The van der Waals surface area contributed by atoms with Gasteiger partial charge in [0.1, 0.15) is 0 Å². The van der Waals surface area contributed by atoms with Gasteiger partial charge in [0.05, 0.1) is 17.9 Å². The van der Waals surface area contributed by atoms with Crippen molar-refractivity contribution >= 4 is 15.9 Å². The van der Waals surface area contributed by atoms with Crippen LogP contribution in [0.25, 0.3) is 0 Å². The Kier molecular flexibility index (Phi) is 4.46. The van der Waals surface area contributed by atoms with E-state index in [1.54, 1.807) is 6.20 Å². The number of hydrazine groups is 1. The van der Waals surface area contributed by atoms with E-state index in [9.17, 15) is 0 Å². The molecular weight excluding hydrogens is 294 g/mol. The standard InChI is InChI=1S/C12H16BrN5/c1-2-18-8-9(6-16-18)5-12(17-14)11-4-3-10(13)7-15-11/h3-4,6-8,12,17H,2,5,14H2,1H3. The van der Waals surface area contributed by atoms with Gasteiger partial charge in [-0.25, -0.2) is 0 Å². The Morgan fingerprint density at radius 2 is 2.28 bits per heavy atom. The van der Waals surface area contributed by atoms with Gasteiger partial charge >= 0.3 is 0 Å². The zero-order valence-corrected chi connectivity index (χ0v) is 11.8. The normalized spacial score (nSPS) is 12.6. The van der Waals surface area contributed by atoms with E-state index in [4.69, 9.17) is 5.84 Å². The van der Waals surface area contributed by atoms with Crippen molar-refractivity contribution < 1.29 is 0 Å². The number of halogens is 1. The Labute approximate surface area is 115 Å². The van der Waals surface area contributed by atoms with Crippen LogP contribution in [0, 0.1) is 0 Å². The van der Waals surface area contributed by atoms with Crippen LogP contribution in [0.1, 0.15) is 24.2 Å². The maximum atomic E-state index is 5.60. The van der Waals surface area contributed by atoms with Crippen molar-refractivity contribution in [3.05, 3.63) is 46.5 Å². The molecule has 0 aliphatic heterocycles. The summed E-state index contributed by atoms with van der Waals surface area (Å²) in [6, 6.07) is 3.91. The molecule has 6 heteroatoms. The zero-order valence-electron chi connectivity index (χ0n) is 10.2. The van der Waals surface area contributed by atoms with Crippen LogP contribution in [-0.4, -0.2) is 14.8 Å². The SMILES string of the molecule is CCn1cc(CC(NN)c2ccc(Br)cn2)cn1. The predicted molar refractivity (Wildman–Crippen MR) is 73.6 cm³/mol. The van der Waals surface area contributed by atoms with E-state index in [0.29, 0.717) is 0 Å². The lowest BCUT2D eigenvalue weighted by Crippen LogP contribution is -2.30. The van der Waals surface area contributed by atoms with Crippen molar-refractivity contribution in [2.75, 3.05) is 0 Å². The van der Waals surface area contributed by atoms with E-state index in [0.717, 1.165) is 28.7 Å². The average Bonchev–Trinajstić information content (AvgIpc) is 2.85. The Hall–Kier alpha value is -1.24. The third-order valence-electron chi connectivity index (χ3n) is 2.76. The monoisotopic (exact) mass is 309 g/mol. The van der Waals surface area contributed by atoms with Crippen molar-refractivity contribution in [2.24, 2.45) is 5.84 Å². The van der Waals surface area contributed by atoms with Crippen LogP contribution in [0.4, 0.5) is 0 Å². The molecule has 0 fully saturated rings. The highest BCUT2D eigenvalue weighted by Gasteiger charge is 2.13. The first kappa shape index (κ1) is 13.2. The number of nitrogens with zero attached hydrogens (tertiary/aromatic N) is 3. The van der Waals surface area contributed by atoms with Gasteiger partial charge in [0.25, 0.3) is 0 Å². The smallest absolute Gasteiger partial charge is 0.0673 e. The van der Waals surface area contributed by atoms with Gasteiger partial charge in [0, 0.05) is 23.4 Å². The largest absolute Gasteiger partial charge is 0.273 e. The highest BCUT2D eigenvalue weighted by molar-refractivity contribution is 9.10. The molecule has 96 valence electrons. The first-order valence-corrected chi connectivity index (χ1v) is 6.61. The lowest BCUT2D eigenvalue weighted by molar-refractivity contribution is 0.537. The number of nitrogens with two attached hydrogens (primary N) is 1. The molecule has 2 heterocycles. The summed E-state index contributed by atoms with van der Waals surface area (Å²) in [5.41, 5.74) is 4.86. The minimum Gasteiger partial charge on any atom is -0.273 e. The van der Waals surface area contributed by atoms with Crippen LogP contribution in [0.2, 0.25) is 0 Å². The second kappa shape index (κ2) is 6.08. The number of aromatic nitrogens is 3. The van der Waals surface area contributed by atoms with Gasteiger partial charge in [-0.3, -0.25) is 20.9 Å². The van der Waals surface area contributed by atoms with Gasteiger partial charge in [-0.05, 0) is 47.0 Å². The van der Waals surface area contributed by atoms with Crippen molar-refractivity contribution in [3.8, 4) is 0 Å². The molecule has 1 atom stereocenters. The van der Waals surface area contributed by atoms with Gasteiger partial charge in [0.2, 0.25) is 0 Å². The summed E-state index contributed by atoms with van der Waals surface area (Å²) < 4.78 is 2.86. The van der Waals surface area contributed by atoms with Crippen molar-refractivity contribution in [1.82, 2.24) is 20.2 Å².